The number of allylic oxidation sites excluding steroid dienone is 4. The molecule has 3 aliphatic carbocycles. The molecule has 3 heteroatoms. The van der Waals surface area contributed by atoms with E-state index >= 15 is 0 Å². The maximum atomic E-state index is 3.82. The summed E-state index contributed by atoms with van der Waals surface area (Å²) in [4.78, 5) is 0. The van der Waals surface area contributed by atoms with Gasteiger partial charge in [0, 0.05) is 0 Å². The normalized spacial score (nSPS) is 17.0. The molecule has 0 aliphatic heterocycles. The van der Waals surface area contributed by atoms with E-state index in [1.54, 1.807) is 27.4 Å². The van der Waals surface area contributed by atoms with Gasteiger partial charge in [-0.1, -0.05) is 81.0 Å². The molecule has 190 valence electrons. The van der Waals surface area contributed by atoms with Crippen molar-refractivity contribution >= 4 is 15.4 Å². The first-order chi connectivity index (χ1) is 16.2. The number of rotatable bonds is 2. The Labute approximate surface area is 247 Å². The molecule has 1 atom stereocenters. The van der Waals surface area contributed by atoms with E-state index in [0.29, 0.717) is 11.3 Å². The summed E-state index contributed by atoms with van der Waals surface area (Å²) in [5, 5.41) is 0. The Hall–Kier alpha value is -1.27. The van der Waals surface area contributed by atoms with Gasteiger partial charge in [-0.05, 0) is 12.0 Å². The molecule has 0 heterocycles. The zero-order valence-corrected chi connectivity index (χ0v) is 26.2. The molecule has 0 spiro atoms. The minimum absolute atomic E-state index is 0. The second kappa shape index (κ2) is 15.2. The molecule has 0 N–H and O–H groups in total. The van der Waals surface area contributed by atoms with Gasteiger partial charge in [0.2, 0.25) is 0 Å². The van der Waals surface area contributed by atoms with Crippen molar-refractivity contribution in [3.8, 4) is 11.1 Å². The Balaban J connectivity index is 0.000000293. The first-order valence-electron chi connectivity index (χ1n) is 12.5. The second-order valence-electron chi connectivity index (χ2n) is 10.5. The summed E-state index contributed by atoms with van der Waals surface area (Å²) in [6, 6.07) is 14.1. The average Bonchev–Trinajstić information content (AvgIpc) is 3.43. The monoisotopic (exact) mass is 594 g/mol. The van der Waals surface area contributed by atoms with Gasteiger partial charge in [0.05, 0.1) is 0 Å². The molecule has 1 fully saturated rings. The fourth-order valence-electron chi connectivity index (χ4n) is 4.40. The van der Waals surface area contributed by atoms with Crippen LogP contribution in [0.3, 0.4) is 0 Å². The van der Waals surface area contributed by atoms with Crippen molar-refractivity contribution in [1.29, 1.82) is 0 Å². The van der Waals surface area contributed by atoms with Crippen molar-refractivity contribution in [3.63, 3.8) is 0 Å². The Morgan fingerprint density at radius 1 is 0.944 bits per heavy atom. The molecule has 0 aromatic heterocycles. The van der Waals surface area contributed by atoms with Crippen LogP contribution in [0.2, 0.25) is 0 Å². The van der Waals surface area contributed by atoms with Gasteiger partial charge in [-0.25, -0.2) is 6.08 Å². The minimum atomic E-state index is 0. The van der Waals surface area contributed by atoms with Gasteiger partial charge >= 0.3 is 59.5 Å². The van der Waals surface area contributed by atoms with Gasteiger partial charge in [-0.3, -0.25) is 6.08 Å². The molecule has 2 aromatic carbocycles. The van der Waals surface area contributed by atoms with Crippen molar-refractivity contribution in [2.24, 2.45) is 11.3 Å². The quantitative estimate of drug-likeness (QED) is 0.400. The standard InChI is InChI=1S/C17H13.C10H15.C6H10.2ClH.Zr/c1-3-12-5-7-14-11-15-8-6-13(4-2)10-17(15)16(14)9-12;1-8-5-6-9(7-8)10(2,3)4;1-2-4-6-5-3-1;;;/h3-7,9-10H,1-2,11H2;6-8H,1-4H3;1-5H2;2*1H;/q2*-1;;;;+2/p-2. The van der Waals surface area contributed by atoms with Gasteiger partial charge in [-0.2, -0.15) is 35.4 Å². The molecule has 1 unspecified atom stereocenters. The van der Waals surface area contributed by atoms with Crippen LogP contribution in [-0.2, 0) is 30.7 Å². The van der Waals surface area contributed by atoms with Crippen LogP contribution in [0.15, 0.2) is 61.2 Å². The second-order valence-corrected chi connectivity index (χ2v) is 12.2. The van der Waals surface area contributed by atoms with Gasteiger partial charge < -0.3 is 24.8 Å². The molecule has 0 bridgehead atoms. The Kier molecular flexibility index (Phi) is 13.8. The van der Waals surface area contributed by atoms with E-state index in [2.05, 4.69) is 89.4 Å². The van der Waals surface area contributed by atoms with E-state index in [9.17, 15) is 0 Å². The van der Waals surface area contributed by atoms with Crippen LogP contribution in [-0.4, -0.2) is 3.21 Å². The molecule has 0 radical (unpaired) electrons. The van der Waals surface area contributed by atoms with E-state index in [-0.39, 0.29) is 24.8 Å². The van der Waals surface area contributed by atoms with Gasteiger partial charge in [0.25, 0.3) is 0 Å². The number of halogens is 2. The summed E-state index contributed by atoms with van der Waals surface area (Å²) in [7, 11) is 0. The number of benzene rings is 2. The van der Waals surface area contributed by atoms with Crippen LogP contribution in [0, 0.1) is 23.5 Å². The molecule has 0 saturated heterocycles. The summed E-state index contributed by atoms with van der Waals surface area (Å²) in [6.07, 6.45) is 19.7. The molecule has 0 amide bonds. The van der Waals surface area contributed by atoms with E-state index in [4.69, 9.17) is 0 Å². The number of hydrogen-bond acceptors (Lipinski definition) is 0. The Morgan fingerprint density at radius 2 is 1.58 bits per heavy atom. The molecule has 5 rings (SSSR count). The van der Waals surface area contributed by atoms with Crippen LogP contribution in [0.1, 0.15) is 82.1 Å². The molecule has 0 nitrogen and oxygen atoms in total. The summed E-state index contributed by atoms with van der Waals surface area (Å²) in [5.74, 6) is 0.522. The van der Waals surface area contributed by atoms with E-state index < -0.39 is 0 Å². The van der Waals surface area contributed by atoms with Gasteiger partial charge in [-0.15, -0.1) is 23.8 Å². The first-order valence-corrected chi connectivity index (χ1v) is 13.7. The molecule has 2 aromatic rings. The SMILES string of the molecule is C=Cc1c[c-]c2c(c1)-c1cc(C=C)ccc1C2.CC1[C-]=CC(C(C)(C)C)=C1.[Cl-].[Cl-].[Zr+2]=[C]1CCCCC1. The van der Waals surface area contributed by atoms with Crippen molar-refractivity contribution < 1.29 is 49.0 Å². The van der Waals surface area contributed by atoms with Gasteiger partial charge in [0.15, 0.2) is 0 Å². The fourth-order valence-corrected chi connectivity index (χ4v) is 5.27. The molecular formula is C33H38Cl2Zr-2. The topological polar surface area (TPSA) is 0 Å². The van der Waals surface area contributed by atoms with Crippen LogP contribution >= 0.6 is 0 Å². The Morgan fingerprint density at radius 3 is 2.06 bits per heavy atom. The molecular weight excluding hydrogens is 558 g/mol. The maximum absolute atomic E-state index is 3.82. The van der Waals surface area contributed by atoms with Crippen molar-refractivity contribution in [2.45, 2.75) is 66.2 Å². The summed E-state index contributed by atoms with van der Waals surface area (Å²) in [5.41, 5.74) is 9.28. The summed E-state index contributed by atoms with van der Waals surface area (Å²) in [6.45, 7) is 16.5. The zero-order valence-electron chi connectivity index (χ0n) is 22.2. The van der Waals surface area contributed by atoms with E-state index in [1.807, 2.05) is 18.2 Å². The molecule has 3 aliphatic rings. The zero-order chi connectivity index (χ0) is 24.7. The first kappa shape index (κ1) is 32.8. The Bertz CT molecular complexity index is 1050. The van der Waals surface area contributed by atoms with Crippen molar-refractivity contribution in [2.75, 3.05) is 0 Å². The van der Waals surface area contributed by atoms with Crippen LogP contribution in [0.4, 0.5) is 0 Å². The van der Waals surface area contributed by atoms with Crippen molar-refractivity contribution in [1.82, 2.24) is 0 Å². The van der Waals surface area contributed by atoms with Crippen LogP contribution in [0.25, 0.3) is 23.3 Å². The third kappa shape index (κ3) is 9.24. The summed E-state index contributed by atoms with van der Waals surface area (Å²) < 4.78 is 1.80. The van der Waals surface area contributed by atoms with E-state index in [1.165, 1.54) is 65.5 Å². The van der Waals surface area contributed by atoms with Crippen LogP contribution in [0.5, 0.6) is 0 Å². The number of hydrogen-bond donors (Lipinski definition) is 0. The third-order valence-corrected chi connectivity index (χ3v) is 7.80. The average molecular weight is 597 g/mol. The predicted molar refractivity (Wildman–Crippen MR) is 146 cm³/mol. The van der Waals surface area contributed by atoms with Crippen molar-refractivity contribution in [3.05, 3.63) is 95.6 Å². The fraction of sp³-hybridized carbons (Fsp3) is 0.364. The van der Waals surface area contributed by atoms with Crippen LogP contribution < -0.4 is 24.8 Å². The number of fused-ring (bicyclic) bond motifs is 3. The molecule has 36 heavy (non-hydrogen) atoms. The van der Waals surface area contributed by atoms with E-state index in [0.717, 1.165) is 12.0 Å². The summed E-state index contributed by atoms with van der Waals surface area (Å²) >= 11 is 1.69. The third-order valence-electron chi connectivity index (χ3n) is 6.57. The predicted octanol–water partition coefficient (Wildman–Crippen LogP) is 2.99. The van der Waals surface area contributed by atoms with Gasteiger partial charge in [0.1, 0.15) is 0 Å². The molecule has 1 saturated carbocycles.